The van der Waals surface area contributed by atoms with E-state index >= 15 is 0 Å². The van der Waals surface area contributed by atoms with Crippen molar-refractivity contribution in [1.82, 2.24) is 0 Å². The Morgan fingerprint density at radius 1 is 1.52 bits per heavy atom. The third-order valence-corrected chi connectivity index (χ3v) is 3.90. The number of ether oxygens (including phenoxy) is 1. The summed E-state index contributed by atoms with van der Waals surface area (Å²) in [5.41, 5.74) is 0.514. The van der Waals surface area contributed by atoms with Gasteiger partial charge in [0.2, 0.25) is 0 Å². The molecule has 2 atom stereocenters. The molecule has 1 fully saturated rings. The quantitative estimate of drug-likeness (QED) is 0.667. The van der Waals surface area contributed by atoms with Gasteiger partial charge in [-0.3, -0.25) is 10.1 Å². The molecule has 1 heterocycles. The first kappa shape index (κ1) is 15.6. The van der Waals surface area contributed by atoms with Crippen LogP contribution in [0.5, 0.6) is 5.75 Å². The molecule has 1 N–H and O–H groups in total. The number of hydrogen-bond acceptors (Lipinski definition) is 5. The molecule has 116 valence electrons. The number of anilines is 1. The molecule has 0 bridgehead atoms. The van der Waals surface area contributed by atoms with Crippen molar-refractivity contribution in [3.05, 3.63) is 28.3 Å². The number of nitro benzene ring substituents is 1. The van der Waals surface area contributed by atoms with E-state index in [0.717, 1.165) is 6.42 Å². The summed E-state index contributed by atoms with van der Waals surface area (Å²) in [7, 11) is 0. The maximum atomic E-state index is 11.5. The lowest BCUT2D eigenvalue weighted by Crippen LogP contribution is -2.35. The van der Waals surface area contributed by atoms with E-state index in [9.17, 15) is 15.2 Å². The van der Waals surface area contributed by atoms with Crippen LogP contribution in [0.1, 0.15) is 27.2 Å². The van der Waals surface area contributed by atoms with Gasteiger partial charge in [-0.25, -0.2) is 0 Å². The summed E-state index contributed by atoms with van der Waals surface area (Å²) in [6.07, 6.45) is 0.780. The van der Waals surface area contributed by atoms with E-state index in [1.165, 1.54) is 0 Å². The molecule has 21 heavy (non-hydrogen) atoms. The van der Waals surface area contributed by atoms with Crippen molar-refractivity contribution in [1.29, 1.82) is 0 Å². The van der Waals surface area contributed by atoms with Crippen LogP contribution in [0.2, 0.25) is 0 Å². The summed E-state index contributed by atoms with van der Waals surface area (Å²) < 4.78 is 5.57. The summed E-state index contributed by atoms with van der Waals surface area (Å²) in [6.45, 7) is 6.43. The number of aliphatic hydroxyl groups excluding tert-OH is 1. The molecule has 2 rings (SSSR count). The Hall–Kier alpha value is -1.82. The Morgan fingerprint density at radius 2 is 2.24 bits per heavy atom. The van der Waals surface area contributed by atoms with Crippen LogP contribution in [-0.4, -0.2) is 35.3 Å². The molecule has 1 aromatic carbocycles. The number of nitro groups is 1. The fraction of sp³-hybridized carbons (Fsp3) is 0.600. The molecule has 0 aliphatic carbocycles. The molecule has 1 aromatic rings. The molecule has 0 saturated carbocycles. The van der Waals surface area contributed by atoms with E-state index in [1.807, 2.05) is 18.7 Å². The molecular formula is C15H22N2O4. The molecule has 1 saturated heterocycles. The summed E-state index contributed by atoms with van der Waals surface area (Å²) in [4.78, 5) is 13.0. The molecule has 1 aliphatic rings. The zero-order valence-electron chi connectivity index (χ0n) is 12.7. The van der Waals surface area contributed by atoms with Gasteiger partial charge >= 0.3 is 5.69 Å². The fourth-order valence-corrected chi connectivity index (χ4v) is 2.86. The summed E-state index contributed by atoms with van der Waals surface area (Å²) in [5.74, 6) is 0.591. The number of benzene rings is 1. The van der Waals surface area contributed by atoms with Crippen LogP contribution >= 0.6 is 0 Å². The maximum Gasteiger partial charge on any atom is 0.333 e. The zero-order chi connectivity index (χ0) is 15.6. The number of nitrogens with zero attached hydrogens (tertiary/aromatic N) is 2. The summed E-state index contributed by atoms with van der Waals surface area (Å²) >= 11 is 0. The van der Waals surface area contributed by atoms with Gasteiger partial charge in [-0.1, -0.05) is 13.0 Å². The monoisotopic (exact) mass is 294 g/mol. The maximum absolute atomic E-state index is 11.5. The van der Waals surface area contributed by atoms with Gasteiger partial charge in [0.05, 0.1) is 23.7 Å². The van der Waals surface area contributed by atoms with Gasteiger partial charge < -0.3 is 14.7 Å². The fourth-order valence-electron chi connectivity index (χ4n) is 2.86. The first-order valence-corrected chi connectivity index (χ1v) is 7.27. The average molecular weight is 294 g/mol. The Balaban J connectivity index is 2.46. The van der Waals surface area contributed by atoms with Gasteiger partial charge in [0.1, 0.15) is 5.69 Å². The molecule has 0 radical (unpaired) electrons. The topological polar surface area (TPSA) is 75.8 Å². The van der Waals surface area contributed by atoms with E-state index in [4.69, 9.17) is 4.74 Å². The summed E-state index contributed by atoms with van der Waals surface area (Å²) in [6, 6.07) is 5.02. The molecule has 1 aliphatic heterocycles. The first-order valence-electron chi connectivity index (χ1n) is 7.27. The highest BCUT2D eigenvalue weighted by Crippen LogP contribution is 2.41. The molecule has 6 nitrogen and oxygen atoms in total. The third-order valence-electron chi connectivity index (χ3n) is 3.90. The second-order valence-corrected chi connectivity index (χ2v) is 5.76. The van der Waals surface area contributed by atoms with Crippen molar-refractivity contribution in [2.45, 2.75) is 39.3 Å². The molecule has 0 spiro atoms. The van der Waals surface area contributed by atoms with Gasteiger partial charge in [0, 0.05) is 6.54 Å². The van der Waals surface area contributed by atoms with E-state index < -0.39 is 4.92 Å². The van der Waals surface area contributed by atoms with Crippen molar-refractivity contribution in [3.63, 3.8) is 0 Å². The SMILES string of the molecule is CC(C)Oc1cccc(N2CCC(C)C2CO)c1[N+](=O)[O-]. The molecule has 0 amide bonds. The minimum atomic E-state index is -0.398. The second-order valence-electron chi connectivity index (χ2n) is 5.76. The highest BCUT2D eigenvalue weighted by atomic mass is 16.6. The standard InChI is InChI=1S/C15H22N2O4/c1-10(2)21-14-6-4-5-12(15(14)17(19)20)16-8-7-11(3)13(16)9-18/h4-6,10-11,13,18H,7-9H2,1-3H3. The number of hydrogen-bond donors (Lipinski definition) is 1. The van der Waals surface area contributed by atoms with Crippen molar-refractivity contribution in [2.24, 2.45) is 5.92 Å². The minimum Gasteiger partial charge on any atom is -0.484 e. The van der Waals surface area contributed by atoms with E-state index in [1.54, 1.807) is 18.2 Å². The van der Waals surface area contributed by atoms with Crippen LogP contribution in [0.25, 0.3) is 0 Å². The normalized spacial score (nSPS) is 21.9. The highest BCUT2D eigenvalue weighted by molar-refractivity contribution is 5.70. The Bertz CT molecular complexity index is 518. The third kappa shape index (κ3) is 3.10. The minimum absolute atomic E-state index is 0.00636. The van der Waals surface area contributed by atoms with Gasteiger partial charge in [-0.15, -0.1) is 0 Å². The van der Waals surface area contributed by atoms with Gasteiger partial charge in [-0.05, 0) is 38.3 Å². The van der Waals surface area contributed by atoms with Crippen molar-refractivity contribution < 1.29 is 14.8 Å². The van der Waals surface area contributed by atoms with Crippen molar-refractivity contribution >= 4 is 11.4 Å². The Kier molecular flexibility index (Phi) is 4.67. The largest absolute Gasteiger partial charge is 0.484 e. The lowest BCUT2D eigenvalue weighted by molar-refractivity contribution is -0.385. The number of aliphatic hydroxyl groups is 1. The van der Waals surface area contributed by atoms with Gasteiger partial charge in [0.25, 0.3) is 0 Å². The summed E-state index contributed by atoms with van der Waals surface area (Å²) in [5, 5.41) is 21.1. The lowest BCUT2D eigenvalue weighted by atomic mass is 10.0. The molecule has 2 unspecified atom stereocenters. The first-order chi connectivity index (χ1) is 9.95. The van der Waals surface area contributed by atoms with Crippen molar-refractivity contribution in [3.8, 4) is 5.75 Å². The zero-order valence-corrected chi connectivity index (χ0v) is 12.7. The van der Waals surface area contributed by atoms with Crippen LogP contribution in [0.3, 0.4) is 0 Å². The van der Waals surface area contributed by atoms with Gasteiger partial charge in [0.15, 0.2) is 5.75 Å². The average Bonchev–Trinajstić information content (AvgIpc) is 2.78. The number of rotatable bonds is 5. The predicted octanol–water partition coefficient (Wildman–Crippen LogP) is 2.59. The van der Waals surface area contributed by atoms with Crippen LogP contribution in [0.15, 0.2) is 18.2 Å². The van der Waals surface area contributed by atoms with Crippen LogP contribution in [0, 0.1) is 16.0 Å². The molecule has 0 aromatic heterocycles. The smallest absolute Gasteiger partial charge is 0.333 e. The van der Waals surface area contributed by atoms with E-state index in [0.29, 0.717) is 18.2 Å². The van der Waals surface area contributed by atoms with Crippen LogP contribution in [0.4, 0.5) is 11.4 Å². The van der Waals surface area contributed by atoms with Crippen LogP contribution in [-0.2, 0) is 0 Å². The second kappa shape index (κ2) is 6.30. The van der Waals surface area contributed by atoms with Crippen LogP contribution < -0.4 is 9.64 Å². The highest BCUT2D eigenvalue weighted by Gasteiger charge is 2.35. The molecule has 6 heteroatoms. The molecular weight excluding hydrogens is 272 g/mol. The Labute approximate surface area is 124 Å². The van der Waals surface area contributed by atoms with E-state index in [-0.39, 0.29) is 30.2 Å². The van der Waals surface area contributed by atoms with Gasteiger partial charge in [-0.2, -0.15) is 0 Å². The van der Waals surface area contributed by atoms with E-state index in [2.05, 4.69) is 6.92 Å². The predicted molar refractivity (Wildman–Crippen MR) is 80.9 cm³/mol. The van der Waals surface area contributed by atoms with Crippen molar-refractivity contribution in [2.75, 3.05) is 18.1 Å². The Morgan fingerprint density at radius 3 is 2.81 bits per heavy atom. The lowest BCUT2D eigenvalue weighted by Gasteiger charge is -2.27. The number of para-hydroxylation sites is 1.